The summed E-state index contributed by atoms with van der Waals surface area (Å²) in [5.74, 6) is 1.36. The molecule has 3 heterocycles. The molecule has 1 aliphatic heterocycles. The molecule has 0 radical (unpaired) electrons. The fraction of sp³-hybridized carbons (Fsp3) is 0.250. The number of aromatic nitrogens is 4. The maximum atomic E-state index is 13.4. The quantitative estimate of drug-likeness (QED) is 0.311. The Balaban J connectivity index is 1.43. The van der Waals surface area contributed by atoms with Crippen molar-refractivity contribution in [2.45, 2.75) is 25.2 Å². The molecule has 0 atom stereocenters. The average Bonchev–Trinajstić information content (AvgIpc) is 3.18. The standard InChI is InChI=1S/C28H27ClN6O2S/c1-19-7-10-23(11-8-19)38(36,37)34-14-4-13-33(15-16-34)28-30-25-18-22(29)9-12-24(25)27-32-31-26(35(27)28)21-6-3-5-20(2)17-21/h3,5-12,17-18H,4,13-16H2,1-2H3. The molecule has 0 N–H and O–H groups in total. The van der Waals surface area contributed by atoms with Gasteiger partial charge in [-0.15, -0.1) is 10.2 Å². The van der Waals surface area contributed by atoms with Gasteiger partial charge >= 0.3 is 0 Å². The molecule has 8 nitrogen and oxygen atoms in total. The number of halogens is 1. The predicted octanol–water partition coefficient (Wildman–Crippen LogP) is 5.12. The van der Waals surface area contributed by atoms with Crippen molar-refractivity contribution in [2.75, 3.05) is 31.1 Å². The van der Waals surface area contributed by atoms with Crippen LogP contribution in [-0.2, 0) is 10.0 Å². The van der Waals surface area contributed by atoms with Gasteiger partial charge < -0.3 is 4.90 Å². The Hall–Kier alpha value is -3.53. The van der Waals surface area contributed by atoms with E-state index in [9.17, 15) is 8.42 Å². The van der Waals surface area contributed by atoms with Crippen molar-refractivity contribution in [1.29, 1.82) is 0 Å². The van der Waals surface area contributed by atoms with Crippen LogP contribution in [0.15, 0.2) is 71.6 Å². The first-order chi connectivity index (χ1) is 18.3. The zero-order chi connectivity index (χ0) is 26.4. The lowest BCUT2D eigenvalue weighted by Crippen LogP contribution is -2.36. The van der Waals surface area contributed by atoms with Crippen LogP contribution in [-0.4, -0.2) is 58.5 Å². The van der Waals surface area contributed by atoms with Crippen LogP contribution >= 0.6 is 11.6 Å². The van der Waals surface area contributed by atoms with Crippen LogP contribution in [0.1, 0.15) is 17.5 Å². The van der Waals surface area contributed by atoms with E-state index in [1.165, 1.54) is 0 Å². The highest BCUT2D eigenvalue weighted by Gasteiger charge is 2.29. The van der Waals surface area contributed by atoms with Crippen LogP contribution in [0.3, 0.4) is 0 Å². The highest BCUT2D eigenvalue weighted by molar-refractivity contribution is 7.89. The first-order valence-corrected chi connectivity index (χ1v) is 14.4. The van der Waals surface area contributed by atoms with Crippen LogP contribution in [0.4, 0.5) is 5.95 Å². The van der Waals surface area contributed by atoms with Crippen LogP contribution in [0.25, 0.3) is 27.9 Å². The second-order valence-electron chi connectivity index (χ2n) is 9.68. The lowest BCUT2D eigenvalue weighted by molar-refractivity contribution is 0.433. The van der Waals surface area contributed by atoms with Gasteiger partial charge in [0.2, 0.25) is 16.0 Å². The third-order valence-electron chi connectivity index (χ3n) is 6.96. The molecule has 0 bridgehead atoms. The van der Waals surface area contributed by atoms with Crippen molar-refractivity contribution in [3.05, 3.63) is 82.9 Å². The first-order valence-electron chi connectivity index (χ1n) is 12.5. The Morgan fingerprint density at radius 1 is 0.842 bits per heavy atom. The van der Waals surface area contributed by atoms with Gasteiger partial charge in [-0.1, -0.05) is 53.1 Å². The molecule has 5 aromatic rings. The zero-order valence-electron chi connectivity index (χ0n) is 21.2. The number of aryl methyl sites for hydroxylation is 2. The minimum atomic E-state index is -3.60. The highest BCUT2D eigenvalue weighted by Crippen LogP contribution is 2.31. The second-order valence-corrected chi connectivity index (χ2v) is 12.1. The highest BCUT2D eigenvalue weighted by atomic mass is 35.5. The molecular weight excluding hydrogens is 520 g/mol. The lowest BCUT2D eigenvalue weighted by atomic mass is 10.1. The van der Waals surface area contributed by atoms with Crippen molar-refractivity contribution in [2.24, 2.45) is 0 Å². The summed E-state index contributed by atoms with van der Waals surface area (Å²) in [6, 6.07) is 20.7. The summed E-state index contributed by atoms with van der Waals surface area (Å²) in [5, 5.41) is 10.6. The Bertz CT molecular complexity index is 1770. The number of sulfonamides is 1. The Kier molecular flexibility index (Phi) is 6.29. The fourth-order valence-electron chi connectivity index (χ4n) is 4.97. The van der Waals surface area contributed by atoms with E-state index in [1.54, 1.807) is 16.4 Å². The molecule has 10 heteroatoms. The number of anilines is 1. The number of fused-ring (bicyclic) bond motifs is 3. The molecule has 2 aromatic heterocycles. The summed E-state index contributed by atoms with van der Waals surface area (Å²) < 4.78 is 30.4. The van der Waals surface area contributed by atoms with Crippen LogP contribution in [0, 0.1) is 13.8 Å². The number of benzene rings is 3. The van der Waals surface area contributed by atoms with E-state index in [-0.39, 0.29) is 0 Å². The van der Waals surface area contributed by atoms with E-state index in [1.807, 2.05) is 66.8 Å². The van der Waals surface area contributed by atoms with Crippen LogP contribution in [0.2, 0.25) is 5.02 Å². The molecular formula is C28H27ClN6O2S. The van der Waals surface area contributed by atoms with E-state index in [2.05, 4.69) is 21.2 Å². The molecule has 0 unspecified atom stereocenters. The van der Waals surface area contributed by atoms with Crippen molar-refractivity contribution in [3.63, 3.8) is 0 Å². The summed E-state index contributed by atoms with van der Waals surface area (Å²) >= 11 is 6.32. The molecule has 6 rings (SSSR count). The summed E-state index contributed by atoms with van der Waals surface area (Å²) in [4.78, 5) is 7.47. The van der Waals surface area contributed by atoms with Gasteiger partial charge in [0, 0.05) is 42.2 Å². The predicted molar refractivity (Wildman–Crippen MR) is 150 cm³/mol. The number of rotatable bonds is 4. The first kappa shape index (κ1) is 24.8. The second kappa shape index (κ2) is 9.65. The maximum absolute atomic E-state index is 13.4. The normalized spacial score (nSPS) is 15.3. The number of nitrogens with zero attached hydrogens (tertiary/aromatic N) is 6. The van der Waals surface area contributed by atoms with Gasteiger partial charge in [-0.25, -0.2) is 17.8 Å². The van der Waals surface area contributed by atoms with E-state index < -0.39 is 10.0 Å². The van der Waals surface area contributed by atoms with E-state index in [0.29, 0.717) is 59.9 Å². The largest absolute Gasteiger partial charge is 0.340 e. The molecule has 3 aromatic carbocycles. The third kappa shape index (κ3) is 4.40. The van der Waals surface area contributed by atoms with Crippen molar-refractivity contribution < 1.29 is 8.42 Å². The molecule has 194 valence electrons. The average molecular weight is 547 g/mol. The van der Waals surface area contributed by atoms with Gasteiger partial charge in [0.25, 0.3) is 0 Å². The molecule has 38 heavy (non-hydrogen) atoms. The molecule has 0 spiro atoms. The van der Waals surface area contributed by atoms with Gasteiger partial charge in [0.05, 0.1) is 10.4 Å². The Morgan fingerprint density at radius 2 is 1.66 bits per heavy atom. The summed E-state index contributed by atoms with van der Waals surface area (Å²) in [6.45, 7) is 5.88. The number of hydrogen-bond acceptors (Lipinski definition) is 6. The Labute approximate surface area is 226 Å². The molecule has 1 fully saturated rings. The zero-order valence-corrected chi connectivity index (χ0v) is 22.7. The summed E-state index contributed by atoms with van der Waals surface area (Å²) in [7, 11) is -3.60. The maximum Gasteiger partial charge on any atom is 0.243 e. The SMILES string of the molecule is Cc1ccc(S(=O)(=O)N2CCCN(c3nc4cc(Cl)ccc4c4nnc(-c5cccc(C)c5)n34)CC2)cc1. The smallest absolute Gasteiger partial charge is 0.243 e. The van der Waals surface area contributed by atoms with E-state index in [0.717, 1.165) is 27.6 Å². The monoisotopic (exact) mass is 546 g/mol. The summed E-state index contributed by atoms with van der Waals surface area (Å²) in [5.41, 5.74) is 4.49. The molecule has 0 aliphatic carbocycles. The van der Waals surface area contributed by atoms with Gasteiger partial charge in [0.1, 0.15) is 0 Å². The molecule has 0 amide bonds. The van der Waals surface area contributed by atoms with Crippen LogP contribution in [0.5, 0.6) is 0 Å². The van der Waals surface area contributed by atoms with Gasteiger partial charge in [-0.3, -0.25) is 0 Å². The topological polar surface area (TPSA) is 83.7 Å². The van der Waals surface area contributed by atoms with Crippen molar-refractivity contribution >= 4 is 44.1 Å². The van der Waals surface area contributed by atoms with Gasteiger partial charge in [0.15, 0.2) is 11.5 Å². The fourth-order valence-corrected chi connectivity index (χ4v) is 6.60. The molecule has 0 saturated carbocycles. The van der Waals surface area contributed by atoms with Crippen molar-refractivity contribution in [1.82, 2.24) is 23.9 Å². The Morgan fingerprint density at radius 3 is 2.45 bits per heavy atom. The van der Waals surface area contributed by atoms with E-state index in [4.69, 9.17) is 16.6 Å². The van der Waals surface area contributed by atoms with Crippen molar-refractivity contribution in [3.8, 4) is 11.4 Å². The minimum Gasteiger partial charge on any atom is -0.340 e. The third-order valence-corrected chi connectivity index (χ3v) is 9.10. The van der Waals surface area contributed by atoms with Gasteiger partial charge in [-0.2, -0.15) is 4.31 Å². The summed E-state index contributed by atoms with van der Waals surface area (Å²) in [6.07, 6.45) is 0.656. The minimum absolute atomic E-state index is 0.318. The van der Waals surface area contributed by atoms with Crippen LogP contribution < -0.4 is 4.90 Å². The molecule has 1 aliphatic rings. The lowest BCUT2D eigenvalue weighted by Gasteiger charge is -2.24. The molecule has 1 saturated heterocycles. The van der Waals surface area contributed by atoms with Gasteiger partial charge in [-0.05, 0) is 56.7 Å². The number of hydrogen-bond donors (Lipinski definition) is 0. The van der Waals surface area contributed by atoms with E-state index >= 15 is 0 Å².